The van der Waals surface area contributed by atoms with Gasteiger partial charge >= 0.3 is 5.97 Å². The van der Waals surface area contributed by atoms with Crippen molar-refractivity contribution in [1.29, 1.82) is 0 Å². The molecule has 0 bridgehead atoms. The van der Waals surface area contributed by atoms with E-state index in [2.05, 4.69) is 19.1 Å². The Morgan fingerprint density at radius 2 is 1.74 bits per heavy atom. The minimum Gasteiger partial charge on any atom is -0.494 e. The molecule has 0 heterocycles. The van der Waals surface area contributed by atoms with Gasteiger partial charge in [-0.15, -0.1) is 0 Å². The number of benzene rings is 1. The van der Waals surface area contributed by atoms with E-state index in [0.717, 1.165) is 51.1 Å². The Hall–Kier alpha value is -1.59. The van der Waals surface area contributed by atoms with Crippen LogP contribution in [-0.2, 0) is 20.7 Å². The summed E-state index contributed by atoms with van der Waals surface area (Å²) in [5.41, 5.74) is 1.29. The highest BCUT2D eigenvalue weighted by atomic mass is 16.5. The summed E-state index contributed by atoms with van der Waals surface area (Å²) in [6, 6.07) is 8.23. The molecule has 1 aromatic rings. The molecule has 130 valence electrons. The number of rotatable bonds is 14. The predicted octanol–water partition coefficient (Wildman–Crippen LogP) is 3.31. The molecular formula is C18H28O5. The van der Waals surface area contributed by atoms with Crippen LogP contribution >= 0.6 is 0 Å². The minimum atomic E-state index is -0.936. The van der Waals surface area contributed by atoms with Gasteiger partial charge in [0, 0.05) is 19.8 Å². The van der Waals surface area contributed by atoms with Crippen molar-refractivity contribution in [2.24, 2.45) is 0 Å². The number of hydrogen-bond donors (Lipinski definition) is 1. The normalized spacial score (nSPS) is 10.7. The molecule has 5 heteroatoms. The lowest BCUT2D eigenvalue weighted by atomic mass is 10.2. The lowest BCUT2D eigenvalue weighted by Gasteiger charge is -2.08. The van der Waals surface area contributed by atoms with Crippen LogP contribution in [0, 0.1) is 0 Å². The van der Waals surface area contributed by atoms with Gasteiger partial charge in [0.1, 0.15) is 12.4 Å². The maximum absolute atomic E-state index is 10.2. The SMILES string of the molecule is CCc1cccc(OCCCCCOCCCOCC(=O)O)c1. The first kappa shape index (κ1) is 19.5. The summed E-state index contributed by atoms with van der Waals surface area (Å²) in [6.07, 6.45) is 4.85. The van der Waals surface area contributed by atoms with Crippen LogP contribution in [0.5, 0.6) is 5.75 Å². The largest absolute Gasteiger partial charge is 0.494 e. The average molecular weight is 324 g/mol. The second kappa shape index (κ2) is 12.9. The molecule has 0 saturated carbocycles. The number of hydrogen-bond acceptors (Lipinski definition) is 4. The maximum Gasteiger partial charge on any atom is 0.329 e. The second-order valence-electron chi connectivity index (χ2n) is 5.32. The molecule has 0 unspecified atom stereocenters. The highest BCUT2D eigenvalue weighted by molar-refractivity contribution is 5.67. The van der Waals surface area contributed by atoms with Gasteiger partial charge in [0.15, 0.2) is 0 Å². The third kappa shape index (κ3) is 10.7. The Morgan fingerprint density at radius 3 is 2.52 bits per heavy atom. The van der Waals surface area contributed by atoms with Gasteiger partial charge in [-0.1, -0.05) is 19.1 Å². The number of unbranched alkanes of at least 4 members (excludes halogenated alkanes) is 2. The van der Waals surface area contributed by atoms with E-state index in [-0.39, 0.29) is 6.61 Å². The van der Waals surface area contributed by atoms with Crippen LogP contribution in [0.2, 0.25) is 0 Å². The molecule has 1 rings (SSSR count). The molecular weight excluding hydrogens is 296 g/mol. The first-order chi connectivity index (χ1) is 11.2. The van der Waals surface area contributed by atoms with Gasteiger partial charge in [-0.05, 0) is 49.8 Å². The van der Waals surface area contributed by atoms with Crippen LogP contribution in [0.3, 0.4) is 0 Å². The Morgan fingerprint density at radius 1 is 1.00 bits per heavy atom. The zero-order valence-corrected chi connectivity index (χ0v) is 14.0. The third-order valence-corrected chi connectivity index (χ3v) is 3.31. The van der Waals surface area contributed by atoms with Gasteiger partial charge in [-0.2, -0.15) is 0 Å². The molecule has 0 amide bonds. The molecule has 1 aromatic carbocycles. The second-order valence-corrected chi connectivity index (χ2v) is 5.32. The fourth-order valence-corrected chi connectivity index (χ4v) is 2.05. The van der Waals surface area contributed by atoms with Crippen LogP contribution in [0.15, 0.2) is 24.3 Å². The van der Waals surface area contributed by atoms with Crippen LogP contribution in [0.4, 0.5) is 0 Å². The van der Waals surface area contributed by atoms with Gasteiger partial charge in [-0.25, -0.2) is 4.79 Å². The molecule has 0 aliphatic rings. The van der Waals surface area contributed by atoms with Crippen LogP contribution in [-0.4, -0.2) is 44.1 Å². The Labute approximate surface area is 138 Å². The highest BCUT2D eigenvalue weighted by Crippen LogP contribution is 2.14. The molecule has 0 aromatic heterocycles. The molecule has 1 N–H and O–H groups in total. The molecule has 0 aliphatic heterocycles. The van der Waals surface area contributed by atoms with Gasteiger partial charge in [-0.3, -0.25) is 0 Å². The average Bonchev–Trinajstić information content (AvgIpc) is 2.55. The molecule has 23 heavy (non-hydrogen) atoms. The van der Waals surface area contributed by atoms with Crippen molar-refractivity contribution >= 4 is 5.97 Å². The fraction of sp³-hybridized carbons (Fsp3) is 0.611. The van der Waals surface area contributed by atoms with Gasteiger partial charge in [0.2, 0.25) is 0 Å². The molecule has 0 saturated heterocycles. The fourth-order valence-electron chi connectivity index (χ4n) is 2.05. The lowest BCUT2D eigenvalue weighted by molar-refractivity contribution is -0.142. The number of ether oxygens (including phenoxy) is 3. The number of carbonyl (C=O) groups is 1. The van der Waals surface area contributed by atoms with Gasteiger partial charge < -0.3 is 19.3 Å². The van der Waals surface area contributed by atoms with Crippen LogP contribution in [0.1, 0.15) is 38.2 Å². The summed E-state index contributed by atoms with van der Waals surface area (Å²) in [4.78, 5) is 10.2. The molecule has 0 radical (unpaired) electrons. The topological polar surface area (TPSA) is 65.0 Å². The van der Waals surface area contributed by atoms with Gasteiger partial charge in [0.05, 0.1) is 6.61 Å². The summed E-state index contributed by atoms with van der Waals surface area (Å²) in [6.45, 7) is 4.40. The number of carboxylic acids is 1. The van der Waals surface area contributed by atoms with Crippen molar-refractivity contribution in [3.8, 4) is 5.75 Å². The molecule has 0 atom stereocenters. The monoisotopic (exact) mass is 324 g/mol. The first-order valence-electron chi connectivity index (χ1n) is 8.31. The van der Waals surface area contributed by atoms with Crippen molar-refractivity contribution in [3.05, 3.63) is 29.8 Å². The van der Waals surface area contributed by atoms with Crippen molar-refractivity contribution in [1.82, 2.24) is 0 Å². The summed E-state index contributed by atoms with van der Waals surface area (Å²) < 4.78 is 16.1. The Kier molecular flexibility index (Phi) is 10.9. The van der Waals surface area contributed by atoms with Crippen molar-refractivity contribution in [2.75, 3.05) is 33.0 Å². The highest BCUT2D eigenvalue weighted by Gasteiger charge is 1.97. The first-order valence-corrected chi connectivity index (χ1v) is 8.31. The maximum atomic E-state index is 10.2. The standard InChI is InChI=1S/C18H28O5/c1-2-16-8-6-9-17(14-16)23-13-5-3-4-10-21-11-7-12-22-15-18(19)20/h6,8-9,14H,2-5,7,10-13,15H2,1H3,(H,19,20). The van der Waals surface area contributed by atoms with E-state index in [1.54, 1.807) is 0 Å². The van der Waals surface area contributed by atoms with E-state index in [4.69, 9.17) is 19.3 Å². The quantitative estimate of drug-likeness (QED) is 0.532. The van der Waals surface area contributed by atoms with E-state index in [1.807, 2.05) is 12.1 Å². The van der Waals surface area contributed by atoms with Crippen LogP contribution < -0.4 is 4.74 Å². The van der Waals surface area contributed by atoms with E-state index in [0.29, 0.717) is 13.2 Å². The van der Waals surface area contributed by atoms with Crippen molar-refractivity contribution in [3.63, 3.8) is 0 Å². The predicted molar refractivity (Wildman–Crippen MR) is 89.1 cm³/mol. The van der Waals surface area contributed by atoms with E-state index < -0.39 is 5.97 Å². The molecule has 5 nitrogen and oxygen atoms in total. The van der Waals surface area contributed by atoms with E-state index >= 15 is 0 Å². The summed E-state index contributed by atoms with van der Waals surface area (Å²) in [5.74, 6) is 0.0107. The number of carboxylic acid groups (broad SMARTS) is 1. The summed E-state index contributed by atoms with van der Waals surface area (Å²) >= 11 is 0. The zero-order chi connectivity index (χ0) is 16.8. The number of aliphatic carboxylic acids is 1. The van der Waals surface area contributed by atoms with Crippen molar-refractivity contribution < 1.29 is 24.1 Å². The lowest BCUT2D eigenvalue weighted by Crippen LogP contribution is -2.09. The smallest absolute Gasteiger partial charge is 0.329 e. The third-order valence-electron chi connectivity index (χ3n) is 3.31. The van der Waals surface area contributed by atoms with Gasteiger partial charge in [0.25, 0.3) is 0 Å². The zero-order valence-electron chi connectivity index (χ0n) is 14.0. The van der Waals surface area contributed by atoms with E-state index in [1.165, 1.54) is 5.56 Å². The van der Waals surface area contributed by atoms with E-state index in [9.17, 15) is 4.79 Å². The minimum absolute atomic E-state index is 0.235. The summed E-state index contributed by atoms with van der Waals surface area (Å²) in [7, 11) is 0. The number of aryl methyl sites for hydroxylation is 1. The van der Waals surface area contributed by atoms with Crippen molar-refractivity contribution in [2.45, 2.75) is 39.0 Å². The Balaban J connectivity index is 1.87. The molecule has 0 fully saturated rings. The molecule has 0 spiro atoms. The van der Waals surface area contributed by atoms with Crippen LogP contribution in [0.25, 0.3) is 0 Å². The molecule has 0 aliphatic carbocycles. The Bertz CT molecular complexity index is 433. The summed E-state index contributed by atoms with van der Waals surface area (Å²) in [5, 5.41) is 8.39.